The van der Waals surface area contributed by atoms with Crippen molar-refractivity contribution < 1.29 is 13.2 Å². The Bertz CT molecular complexity index is 637. The van der Waals surface area contributed by atoms with E-state index >= 15 is 0 Å². The second-order valence-corrected chi connectivity index (χ2v) is 6.04. The Kier molecular flexibility index (Phi) is 4.89. The number of carbonyl (C=O) groups is 1. The van der Waals surface area contributed by atoms with E-state index in [2.05, 4.69) is 4.72 Å². The van der Waals surface area contributed by atoms with Gasteiger partial charge in [0.15, 0.2) is 0 Å². The van der Waals surface area contributed by atoms with Crippen LogP contribution in [0.1, 0.15) is 18.9 Å². The van der Waals surface area contributed by atoms with Crippen molar-refractivity contribution in [1.82, 2.24) is 4.72 Å². The Hall–Kier alpha value is -1.62. The van der Waals surface area contributed by atoms with Gasteiger partial charge in [-0.25, -0.2) is 13.1 Å². The first-order valence-electron chi connectivity index (χ1n) is 5.26. The first-order chi connectivity index (χ1) is 8.76. The first kappa shape index (κ1) is 15.4. The van der Waals surface area contributed by atoms with E-state index in [-0.39, 0.29) is 21.9 Å². The van der Waals surface area contributed by atoms with Crippen LogP contribution in [0.25, 0.3) is 0 Å². The molecule has 0 fully saturated rings. The number of amides is 1. The highest BCUT2D eigenvalue weighted by Crippen LogP contribution is 2.22. The van der Waals surface area contributed by atoms with Crippen molar-refractivity contribution in [2.45, 2.75) is 24.3 Å². The van der Waals surface area contributed by atoms with E-state index in [0.717, 1.165) is 0 Å². The third-order valence-electron chi connectivity index (χ3n) is 2.21. The molecule has 0 saturated heterocycles. The molecule has 1 amide bonds. The van der Waals surface area contributed by atoms with Crippen molar-refractivity contribution in [3.8, 4) is 6.07 Å². The molecule has 0 heterocycles. The van der Waals surface area contributed by atoms with Crippen LogP contribution in [-0.2, 0) is 14.8 Å². The number of carbonyl (C=O) groups excluding carboxylic acids is 1. The van der Waals surface area contributed by atoms with Crippen molar-refractivity contribution in [3.63, 3.8) is 0 Å². The second-order valence-electron chi connectivity index (χ2n) is 3.95. The summed E-state index contributed by atoms with van der Waals surface area (Å²) in [5, 5.41) is 8.62. The fraction of sp³-hybridized carbons (Fsp3) is 0.273. The number of primary amides is 1. The molecule has 102 valence electrons. The van der Waals surface area contributed by atoms with Gasteiger partial charge in [0.1, 0.15) is 4.90 Å². The fourth-order valence-corrected chi connectivity index (χ4v) is 3.25. The lowest BCUT2D eigenvalue weighted by Gasteiger charge is -2.13. The number of hydrogen-bond donors (Lipinski definition) is 2. The predicted octanol–water partition coefficient (Wildman–Crippen LogP) is 0.754. The normalized spacial score (nSPS) is 12.7. The van der Waals surface area contributed by atoms with Crippen LogP contribution >= 0.6 is 11.6 Å². The molecular formula is C11H12ClN3O3S. The van der Waals surface area contributed by atoms with E-state index in [1.807, 2.05) is 6.07 Å². The molecule has 0 aromatic heterocycles. The summed E-state index contributed by atoms with van der Waals surface area (Å²) in [6.07, 6.45) is -0.118. The van der Waals surface area contributed by atoms with E-state index in [0.29, 0.717) is 0 Å². The van der Waals surface area contributed by atoms with Crippen LogP contribution in [0.15, 0.2) is 23.1 Å². The van der Waals surface area contributed by atoms with Gasteiger partial charge in [0, 0.05) is 12.5 Å². The molecule has 0 aliphatic carbocycles. The van der Waals surface area contributed by atoms with E-state index in [9.17, 15) is 13.2 Å². The van der Waals surface area contributed by atoms with Gasteiger partial charge in [-0.3, -0.25) is 4.79 Å². The second kappa shape index (κ2) is 6.02. The lowest BCUT2D eigenvalue weighted by atomic mass is 10.2. The molecule has 0 bridgehead atoms. The molecule has 0 aliphatic heterocycles. The van der Waals surface area contributed by atoms with Crippen LogP contribution in [0.5, 0.6) is 0 Å². The molecule has 1 aromatic carbocycles. The number of sulfonamides is 1. The molecule has 0 saturated carbocycles. The van der Waals surface area contributed by atoms with E-state index in [1.54, 1.807) is 0 Å². The minimum absolute atomic E-state index is 0.0576. The highest BCUT2D eigenvalue weighted by molar-refractivity contribution is 7.89. The van der Waals surface area contributed by atoms with Gasteiger partial charge >= 0.3 is 0 Å². The van der Waals surface area contributed by atoms with Crippen molar-refractivity contribution in [3.05, 3.63) is 28.8 Å². The lowest BCUT2D eigenvalue weighted by Crippen LogP contribution is -2.35. The number of nitrogens with two attached hydrogens (primary N) is 1. The molecule has 1 atom stereocenters. The number of benzene rings is 1. The van der Waals surface area contributed by atoms with Crippen molar-refractivity contribution in [2.24, 2.45) is 5.73 Å². The quantitative estimate of drug-likeness (QED) is 0.835. The topological polar surface area (TPSA) is 113 Å². The summed E-state index contributed by atoms with van der Waals surface area (Å²) < 4.78 is 26.3. The molecule has 1 aromatic rings. The van der Waals surface area contributed by atoms with Gasteiger partial charge in [-0.1, -0.05) is 11.6 Å². The summed E-state index contributed by atoms with van der Waals surface area (Å²) in [4.78, 5) is 10.6. The van der Waals surface area contributed by atoms with Gasteiger partial charge in [-0.2, -0.15) is 5.26 Å². The standard InChI is InChI=1S/C11H12ClN3O3S/c1-7(4-11(14)16)15-19(17,18)10-3-2-8(6-13)5-9(10)12/h2-3,5,7,15H,4H2,1H3,(H2,14,16). The van der Waals surface area contributed by atoms with Gasteiger partial charge in [-0.05, 0) is 25.1 Å². The monoisotopic (exact) mass is 301 g/mol. The summed E-state index contributed by atoms with van der Waals surface area (Å²) in [7, 11) is -3.86. The molecule has 3 N–H and O–H groups in total. The maximum absolute atomic E-state index is 12.0. The fourth-order valence-electron chi connectivity index (χ4n) is 1.46. The van der Waals surface area contributed by atoms with Gasteiger partial charge in [0.05, 0.1) is 16.7 Å². The maximum Gasteiger partial charge on any atom is 0.242 e. The van der Waals surface area contributed by atoms with Gasteiger partial charge < -0.3 is 5.73 Å². The number of hydrogen-bond acceptors (Lipinski definition) is 4. The molecule has 0 spiro atoms. The predicted molar refractivity (Wildman–Crippen MR) is 69.8 cm³/mol. The number of nitrogens with one attached hydrogen (secondary N) is 1. The largest absolute Gasteiger partial charge is 0.370 e. The van der Waals surface area contributed by atoms with Gasteiger partial charge in [0.2, 0.25) is 15.9 Å². The zero-order valence-electron chi connectivity index (χ0n) is 10.1. The zero-order chi connectivity index (χ0) is 14.6. The van der Waals surface area contributed by atoms with Crippen molar-refractivity contribution in [1.29, 1.82) is 5.26 Å². The first-order valence-corrected chi connectivity index (χ1v) is 7.12. The summed E-state index contributed by atoms with van der Waals surface area (Å²) in [6.45, 7) is 1.51. The molecule has 8 heteroatoms. The van der Waals surface area contributed by atoms with E-state index < -0.39 is 22.0 Å². The van der Waals surface area contributed by atoms with Crippen LogP contribution < -0.4 is 10.5 Å². The third-order valence-corrected chi connectivity index (χ3v) is 4.29. The Morgan fingerprint density at radius 2 is 2.21 bits per heavy atom. The molecular weight excluding hydrogens is 290 g/mol. The third kappa shape index (κ3) is 4.21. The SMILES string of the molecule is CC(CC(N)=O)NS(=O)(=O)c1ccc(C#N)cc1Cl. The Morgan fingerprint density at radius 3 is 2.68 bits per heavy atom. The number of rotatable bonds is 5. The van der Waals surface area contributed by atoms with Crippen molar-refractivity contribution >= 4 is 27.5 Å². The van der Waals surface area contributed by atoms with E-state index in [4.69, 9.17) is 22.6 Å². The molecule has 0 radical (unpaired) electrons. The average molecular weight is 302 g/mol. The van der Waals surface area contributed by atoms with E-state index in [1.165, 1.54) is 25.1 Å². The number of nitrogens with zero attached hydrogens (tertiary/aromatic N) is 1. The number of halogens is 1. The smallest absolute Gasteiger partial charge is 0.242 e. The highest BCUT2D eigenvalue weighted by atomic mass is 35.5. The summed E-state index contributed by atoms with van der Waals surface area (Å²) >= 11 is 5.82. The van der Waals surface area contributed by atoms with Crippen LogP contribution in [0, 0.1) is 11.3 Å². The molecule has 0 aliphatic rings. The Balaban J connectivity index is 3.01. The minimum atomic E-state index is -3.86. The molecule has 19 heavy (non-hydrogen) atoms. The summed E-state index contributed by atoms with van der Waals surface area (Å²) in [5.74, 6) is -0.610. The maximum atomic E-state index is 12.0. The van der Waals surface area contributed by atoms with Crippen LogP contribution in [0.4, 0.5) is 0 Å². The molecule has 1 unspecified atom stereocenters. The number of nitriles is 1. The van der Waals surface area contributed by atoms with Crippen LogP contribution in [0.2, 0.25) is 5.02 Å². The van der Waals surface area contributed by atoms with Crippen LogP contribution in [0.3, 0.4) is 0 Å². The highest BCUT2D eigenvalue weighted by Gasteiger charge is 2.21. The Morgan fingerprint density at radius 1 is 1.58 bits per heavy atom. The average Bonchev–Trinajstić information content (AvgIpc) is 2.26. The summed E-state index contributed by atoms with van der Waals surface area (Å²) in [6, 6.07) is 5.05. The van der Waals surface area contributed by atoms with Crippen LogP contribution in [-0.4, -0.2) is 20.4 Å². The molecule has 1 rings (SSSR count). The summed E-state index contributed by atoms with van der Waals surface area (Å²) in [5.41, 5.74) is 5.24. The Labute approximate surface area is 116 Å². The minimum Gasteiger partial charge on any atom is -0.370 e. The van der Waals surface area contributed by atoms with Crippen molar-refractivity contribution in [2.75, 3.05) is 0 Å². The lowest BCUT2D eigenvalue weighted by molar-refractivity contribution is -0.118. The molecule has 6 nitrogen and oxygen atoms in total. The van der Waals surface area contributed by atoms with Gasteiger partial charge in [0.25, 0.3) is 0 Å². The van der Waals surface area contributed by atoms with Gasteiger partial charge in [-0.15, -0.1) is 0 Å². The zero-order valence-corrected chi connectivity index (χ0v) is 11.6.